The first-order valence-electron chi connectivity index (χ1n) is 4.97. The van der Waals surface area contributed by atoms with Gasteiger partial charge < -0.3 is 0 Å². The lowest BCUT2D eigenvalue weighted by Crippen LogP contribution is -1.84. The maximum atomic E-state index is 13.1. The minimum Gasteiger partial charge on any atom is -0.207 e. The zero-order valence-corrected chi connectivity index (χ0v) is 11.1. The van der Waals surface area contributed by atoms with Crippen LogP contribution in [0.25, 0.3) is 0 Å². The fourth-order valence-corrected chi connectivity index (χ4v) is 2.97. The highest BCUT2D eigenvalue weighted by atomic mass is 35.5. The van der Waals surface area contributed by atoms with Gasteiger partial charge in [0.05, 0.1) is 0 Å². The summed E-state index contributed by atoms with van der Waals surface area (Å²) in [4.78, 5) is 1.79. The molecule has 88 valence electrons. The molecule has 0 aromatic heterocycles. The number of rotatable bonds is 3. The van der Waals surface area contributed by atoms with Gasteiger partial charge >= 0.3 is 0 Å². The second-order valence-electron chi connectivity index (χ2n) is 3.45. The van der Waals surface area contributed by atoms with Crippen molar-refractivity contribution in [1.82, 2.24) is 0 Å². The summed E-state index contributed by atoms with van der Waals surface area (Å²) in [7, 11) is 0. The second-order valence-corrected chi connectivity index (χ2v) is 5.26. The summed E-state index contributed by atoms with van der Waals surface area (Å²) < 4.78 is 13.1. The van der Waals surface area contributed by atoms with Crippen LogP contribution in [-0.2, 0) is 5.88 Å². The van der Waals surface area contributed by atoms with E-state index in [1.54, 1.807) is 12.1 Å². The van der Waals surface area contributed by atoms with Gasteiger partial charge in [0, 0.05) is 20.7 Å². The quantitative estimate of drug-likeness (QED) is 0.684. The van der Waals surface area contributed by atoms with Gasteiger partial charge in [0.25, 0.3) is 0 Å². The van der Waals surface area contributed by atoms with E-state index in [9.17, 15) is 4.39 Å². The molecule has 0 saturated heterocycles. The Hall–Kier alpha value is -0.700. The normalized spacial score (nSPS) is 10.5. The number of hydrogen-bond donors (Lipinski definition) is 0. The largest absolute Gasteiger partial charge is 0.207 e. The number of benzene rings is 2. The lowest BCUT2D eigenvalue weighted by molar-refractivity contribution is 0.624. The molecule has 2 rings (SSSR count). The van der Waals surface area contributed by atoms with Crippen LogP contribution in [0.2, 0.25) is 5.02 Å². The van der Waals surface area contributed by atoms with Crippen LogP contribution in [0.5, 0.6) is 0 Å². The van der Waals surface area contributed by atoms with Gasteiger partial charge in [0.15, 0.2) is 0 Å². The first-order chi connectivity index (χ1) is 8.19. The Bertz CT molecular complexity index is 529. The number of hydrogen-bond acceptors (Lipinski definition) is 1. The summed E-state index contributed by atoms with van der Waals surface area (Å²) in [6, 6.07) is 12.0. The topological polar surface area (TPSA) is 0 Å². The van der Waals surface area contributed by atoms with Crippen LogP contribution in [0.1, 0.15) is 5.56 Å². The minimum atomic E-state index is -0.246. The molecule has 0 heterocycles. The van der Waals surface area contributed by atoms with Crippen molar-refractivity contribution in [3.8, 4) is 0 Å². The van der Waals surface area contributed by atoms with Crippen LogP contribution < -0.4 is 0 Å². The summed E-state index contributed by atoms with van der Waals surface area (Å²) in [5, 5.41) is 0.651. The Kier molecular flexibility index (Phi) is 4.32. The van der Waals surface area contributed by atoms with E-state index in [2.05, 4.69) is 0 Å². The molecule has 2 aromatic rings. The van der Waals surface area contributed by atoms with Crippen LogP contribution in [0.4, 0.5) is 4.39 Å². The van der Waals surface area contributed by atoms with Crippen molar-refractivity contribution in [3.05, 3.63) is 58.9 Å². The molecule has 4 heteroatoms. The molecule has 0 fully saturated rings. The highest BCUT2D eigenvalue weighted by molar-refractivity contribution is 7.99. The molecule has 0 N–H and O–H groups in total. The third-order valence-electron chi connectivity index (χ3n) is 2.20. The molecule has 0 atom stereocenters. The van der Waals surface area contributed by atoms with Crippen molar-refractivity contribution in [1.29, 1.82) is 0 Å². The van der Waals surface area contributed by atoms with E-state index in [-0.39, 0.29) is 5.82 Å². The molecule has 2 aromatic carbocycles. The number of alkyl halides is 1. The van der Waals surface area contributed by atoms with Crippen LogP contribution in [0.3, 0.4) is 0 Å². The molecular weight excluding hydrogens is 278 g/mol. The lowest BCUT2D eigenvalue weighted by atomic mass is 10.2. The van der Waals surface area contributed by atoms with E-state index >= 15 is 0 Å². The van der Waals surface area contributed by atoms with Crippen LogP contribution in [0.15, 0.2) is 52.3 Å². The van der Waals surface area contributed by atoms with E-state index in [4.69, 9.17) is 23.2 Å². The third-order valence-corrected chi connectivity index (χ3v) is 3.81. The monoisotopic (exact) mass is 286 g/mol. The first-order valence-corrected chi connectivity index (χ1v) is 6.70. The second kappa shape index (κ2) is 5.76. The Morgan fingerprint density at radius 2 is 1.94 bits per heavy atom. The third kappa shape index (κ3) is 3.38. The zero-order valence-electron chi connectivity index (χ0n) is 8.79. The van der Waals surface area contributed by atoms with Gasteiger partial charge in [-0.15, -0.1) is 11.6 Å². The Morgan fingerprint density at radius 1 is 1.12 bits per heavy atom. The van der Waals surface area contributed by atoms with E-state index in [0.717, 1.165) is 15.4 Å². The van der Waals surface area contributed by atoms with Crippen molar-refractivity contribution >= 4 is 35.0 Å². The van der Waals surface area contributed by atoms with E-state index in [1.165, 1.54) is 23.9 Å². The average Bonchev–Trinajstić information content (AvgIpc) is 2.29. The van der Waals surface area contributed by atoms with Gasteiger partial charge in [-0.1, -0.05) is 35.5 Å². The van der Waals surface area contributed by atoms with Gasteiger partial charge in [-0.3, -0.25) is 0 Å². The van der Waals surface area contributed by atoms with Gasteiger partial charge in [0.1, 0.15) is 5.82 Å². The number of halogens is 3. The molecule has 17 heavy (non-hydrogen) atoms. The highest BCUT2D eigenvalue weighted by Gasteiger charge is 2.05. The predicted molar refractivity (Wildman–Crippen MR) is 71.5 cm³/mol. The predicted octanol–water partition coefficient (Wildman–Crippen LogP) is 5.37. The summed E-state index contributed by atoms with van der Waals surface area (Å²) in [6.45, 7) is 0. The van der Waals surface area contributed by atoms with Crippen molar-refractivity contribution in [2.75, 3.05) is 0 Å². The van der Waals surface area contributed by atoms with Crippen molar-refractivity contribution in [3.63, 3.8) is 0 Å². The summed E-state index contributed by atoms with van der Waals surface area (Å²) in [6.07, 6.45) is 0. The molecule has 0 aliphatic heterocycles. The van der Waals surface area contributed by atoms with Crippen LogP contribution in [-0.4, -0.2) is 0 Å². The minimum absolute atomic E-state index is 0.246. The fraction of sp³-hybridized carbons (Fsp3) is 0.0769. The molecule has 0 spiro atoms. The van der Waals surface area contributed by atoms with Gasteiger partial charge in [0.2, 0.25) is 0 Å². The summed E-state index contributed by atoms with van der Waals surface area (Å²) >= 11 is 13.3. The smallest absolute Gasteiger partial charge is 0.124 e. The molecule has 0 bridgehead atoms. The van der Waals surface area contributed by atoms with Gasteiger partial charge in [-0.25, -0.2) is 4.39 Å². The highest BCUT2D eigenvalue weighted by Crippen LogP contribution is 2.33. The van der Waals surface area contributed by atoms with Crippen LogP contribution >= 0.6 is 35.0 Å². The van der Waals surface area contributed by atoms with E-state index in [1.807, 2.05) is 18.2 Å². The Labute approximate surface area is 114 Å². The molecule has 0 aliphatic rings. The molecule has 0 radical (unpaired) electrons. The Morgan fingerprint density at radius 3 is 2.65 bits per heavy atom. The lowest BCUT2D eigenvalue weighted by Gasteiger charge is -2.07. The average molecular weight is 287 g/mol. The van der Waals surface area contributed by atoms with E-state index in [0.29, 0.717) is 10.9 Å². The molecule has 0 nitrogen and oxygen atoms in total. The van der Waals surface area contributed by atoms with Crippen molar-refractivity contribution in [2.45, 2.75) is 15.7 Å². The molecule has 0 aliphatic carbocycles. The first kappa shape index (κ1) is 12.7. The fourth-order valence-electron chi connectivity index (χ4n) is 1.39. The Balaban J connectivity index is 2.32. The maximum Gasteiger partial charge on any atom is 0.124 e. The molecule has 0 amide bonds. The SMILES string of the molecule is Fc1cccc(Sc2cc(Cl)ccc2CCl)c1. The van der Waals surface area contributed by atoms with E-state index < -0.39 is 0 Å². The summed E-state index contributed by atoms with van der Waals surface area (Å²) in [5.74, 6) is 0.166. The standard InChI is InChI=1S/C13H9Cl2FS/c14-8-9-4-5-10(15)6-13(9)17-12-3-1-2-11(16)7-12/h1-7H,8H2. The van der Waals surface area contributed by atoms with Crippen molar-refractivity contribution in [2.24, 2.45) is 0 Å². The summed E-state index contributed by atoms with van der Waals surface area (Å²) in [5.41, 5.74) is 0.991. The van der Waals surface area contributed by atoms with Crippen molar-refractivity contribution < 1.29 is 4.39 Å². The van der Waals surface area contributed by atoms with Crippen LogP contribution in [0, 0.1) is 5.82 Å². The molecule has 0 unspecified atom stereocenters. The van der Waals surface area contributed by atoms with Gasteiger partial charge in [-0.2, -0.15) is 0 Å². The maximum absolute atomic E-state index is 13.1. The van der Waals surface area contributed by atoms with Gasteiger partial charge in [-0.05, 0) is 35.9 Å². The molecule has 0 saturated carbocycles. The zero-order chi connectivity index (χ0) is 12.3. The molecular formula is C13H9Cl2FS.